The number of hydrogen-bond donors (Lipinski definition) is 1. The highest BCUT2D eigenvalue weighted by Gasteiger charge is 2.15. The molecule has 5 heteroatoms. The molecule has 1 N–H and O–H groups in total. The van der Waals surface area contributed by atoms with E-state index in [1.54, 1.807) is 6.20 Å². The van der Waals surface area contributed by atoms with Crippen LogP contribution in [0.2, 0.25) is 0 Å². The Morgan fingerprint density at radius 3 is 3.00 bits per heavy atom. The lowest BCUT2D eigenvalue weighted by Crippen LogP contribution is -2.01. The first-order valence-corrected chi connectivity index (χ1v) is 5.63. The molecule has 0 bridgehead atoms. The summed E-state index contributed by atoms with van der Waals surface area (Å²) in [6, 6.07) is 3.78. The molecule has 2 heterocycles. The van der Waals surface area contributed by atoms with Crippen molar-refractivity contribution in [2.45, 2.75) is 6.10 Å². The Bertz CT molecular complexity index is 419. The number of nitrogens with zero attached hydrogens (tertiary/aromatic N) is 2. The molecule has 1 unspecified atom stereocenters. The predicted octanol–water partition coefficient (Wildman–Crippen LogP) is 2.38. The van der Waals surface area contributed by atoms with Gasteiger partial charge in [0.25, 0.3) is 0 Å². The molecule has 0 spiro atoms. The monoisotopic (exact) mass is 270 g/mol. The molecule has 0 amide bonds. The Hall–Kier alpha value is -0.780. The number of aromatic nitrogens is 2. The lowest BCUT2D eigenvalue weighted by Gasteiger charge is -2.08. The van der Waals surface area contributed by atoms with E-state index in [4.69, 9.17) is 0 Å². The molecule has 1 atom stereocenters. The quantitative estimate of drug-likeness (QED) is 0.912. The SMILES string of the molecule is OC(c1cccs1)c1ncncc1Br. The zero-order chi connectivity index (χ0) is 9.97. The van der Waals surface area contributed by atoms with Gasteiger partial charge < -0.3 is 5.11 Å². The number of halogens is 1. The summed E-state index contributed by atoms with van der Waals surface area (Å²) in [4.78, 5) is 8.75. The van der Waals surface area contributed by atoms with Gasteiger partial charge in [-0.25, -0.2) is 9.97 Å². The van der Waals surface area contributed by atoms with E-state index in [9.17, 15) is 5.11 Å². The number of thiophene rings is 1. The molecular formula is C9H7BrN2OS. The molecule has 0 fully saturated rings. The third-order valence-corrected chi connectivity index (χ3v) is 3.30. The summed E-state index contributed by atoms with van der Waals surface area (Å²) in [6.45, 7) is 0. The number of aliphatic hydroxyl groups excluding tert-OH is 1. The molecule has 0 aliphatic heterocycles. The Labute approximate surface area is 93.6 Å². The van der Waals surface area contributed by atoms with Gasteiger partial charge >= 0.3 is 0 Å². The van der Waals surface area contributed by atoms with Gasteiger partial charge in [-0.3, -0.25) is 0 Å². The van der Waals surface area contributed by atoms with Gasteiger partial charge in [0.15, 0.2) is 0 Å². The van der Waals surface area contributed by atoms with Crippen molar-refractivity contribution < 1.29 is 5.11 Å². The van der Waals surface area contributed by atoms with E-state index in [0.717, 1.165) is 9.35 Å². The lowest BCUT2D eigenvalue weighted by atomic mass is 10.2. The highest BCUT2D eigenvalue weighted by atomic mass is 79.9. The first-order valence-electron chi connectivity index (χ1n) is 3.96. The van der Waals surface area contributed by atoms with Crippen molar-refractivity contribution in [3.8, 4) is 0 Å². The average molecular weight is 271 g/mol. The molecule has 2 aromatic rings. The van der Waals surface area contributed by atoms with Crippen molar-refractivity contribution in [2.24, 2.45) is 0 Å². The third kappa shape index (κ3) is 1.84. The van der Waals surface area contributed by atoms with Crippen molar-refractivity contribution in [2.75, 3.05) is 0 Å². The Balaban J connectivity index is 2.37. The van der Waals surface area contributed by atoms with Crippen molar-refractivity contribution in [3.63, 3.8) is 0 Å². The fourth-order valence-corrected chi connectivity index (χ4v) is 2.25. The van der Waals surface area contributed by atoms with E-state index in [1.165, 1.54) is 17.7 Å². The van der Waals surface area contributed by atoms with Crippen LogP contribution >= 0.6 is 27.3 Å². The molecule has 0 aromatic carbocycles. The summed E-state index contributed by atoms with van der Waals surface area (Å²) in [7, 11) is 0. The molecule has 72 valence electrons. The maximum atomic E-state index is 9.95. The summed E-state index contributed by atoms with van der Waals surface area (Å²) >= 11 is 4.81. The van der Waals surface area contributed by atoms with Gasteiger partial charge in [-0.2, -0.15) is 0 Å². The van der Waals surface area contributed by atoms with Crippen LogP contribution in [0.25, 0.3) is 0 Å². The number of rotatable bonds is 2. The van der Waals surface area contributed by atoms with Gasteiger partial charge in [-0.05, 0) is 27.4 Å². The van der Waals surface area contributed by atoms with E-state index in [2.05, 4.69) is 25.9 Å². The minimum atomic E-state index is -0.674. The Kier molecular flexibility index (Phi) is 2.90. The standard InChI is InChI=1S/C9H7BrN2OS/c10-6-4-11-5-12-8(6)9(13)7-2-1-3-14-7/h1-5,9,13H. The average Bonchev–Trinajstić information content (AvgIpc) is 2.70. The van der Waals surface area contributed by atoms with Gasteiger partial charge in [0.1, 0.15) is 12.4 Å². The van der Waals surface area contributed by atoms with E-state index < -0.39 is 6.10 Å². The second kappa shape index (κ2) is 4.16. The van der Waals surface area contributed by atoms with Crippen molar-refractivity contribution >= 4 is 27.3 Å². The minimum absolute atomic E-state index is 0.599. The van der Waals surface area contributed by atoms with Gasteiger partial charge in [0.05, 0.1) is 10.2 Å². The smallest absolute Gasteiger partial charge is 0.131 e. The van der Waals surface area contributed by atoms with Crippen molar-refractivity contribution in [1.29, 1.82) is 0 Å². The molecule has 3 nitrogen and oxygen atoms in total. The highest BCUT2D eigenvalue weighted by molar-refractivity contribution is 9.10. The molecule has 2 rings (SSSR count). The van der Waals surface area contributed by atoms with Crippen LogP contribution in [0.3, 0.4) is 0 Å². The van der Waals surface area contributed by atoms with Crippen LogP contribution in [-0.4, -0.2) is 15.1 Å². The summed E-state index contributed by atoms with van der Waals surface area (Å²) in [6.07, 6.45) is 2.38. The van der Waals surface area contributed by atoms with E-state index in [-0.39, 0.29) is 0 Å². The zero-order valence-corrected chi connectivity index (χ0v) is 9.49. The zero-order valence-electron chi connectivity index (χ0n) is 7.09. The first kappa shape index (κ1) is 9.76. The van der Waals surface area contributed by atoms with Crippen LogP contribution in [0, 0.1) is 0 Å². The third-order valence-electron chi connectivity index (χ3n) is 1.77. The minimum Gasteiger partial charge on any atom is -0.381 e. The maximum Gasteiger partial charge on any atom is 0.131 e. The van der Waals surface area contributed by atoms with Gasteiger partial charge in [0, 0.05) is 11.1 Å². The summed E-state index contributed by atoms with van der Waals surface area (Å²) < 4.78 is 0.723. The number of hydrogen-bond acceptors (Lipinski definition) is 4. The molecule has 0 saturated heterocycles. The fourth-order valence-electron chi connectivity index (χ4n) is 1.10. The van der Waals surface area contributed by atoms with E-state index in [0.29, 0.717) is 5.69 Å². The van der Waals surface area contributed by atoms with Crippen LogP contribution < -0.4 is 0 Å². The van der Waals surface area contributed by atoms with Crippen LogP contribution in [0.5, 0.6) is 0 Å². The van der Waals surface area contributed by atoms with Crippen LogP contribution in [-0.2, 0) is 0 Å². The fraction of sp³-hybridized carbons (Fsp3) is 0.111. The second-order valence-corrected chi connectivity index (χ2v) is 4.51. The maximum absolute atomic E-state index is 9.95. The van der Waals surface area contributed by atoms with Crippen LogP contribution in [0.15, 0.2) is 34.5 Å². The molecule has 0 saturated carbocycles. The first-order chi connectivity index (χ1) is 6.79. The summed E-state index contributed by atoms with van der Waals surface area (Å²) in [5.41, 5.74) is 0.599. The molecule has 0 aliphatic carbocycles. The molecule has 0 radical (unpaired) electrons. The molecular weight excluding hydrogens is 264 g/mol. The molecule has 14 heavy (non-hydrogen) atoms. The van der Waals surface area contributed by atoms with Crippen LogP contribution in [0.4, 0.5) is 0 Å². The predicted molar refractivity (Wildman–Crippen MR) is 58.1 cm³/mol. The van der Waals surface area contributed by atoms with Gasteiger partial charge in [0.2, 0.25) is 0 Å². The van der Waals surface area contributed by atoms with Crippen molar-refractivity contribution in [1.82, 2.24) is 9.97 Å². The topological polar surface area (TPSA) is 46.0 Å². The Morgan fingerprint density at radius 1 is 1.50 bits per heavy atom. The summed E-state index contributed by atoms with van der Waals surface area (Å²) in [5, 5.41) is 11.9. The number of aliphatic hydroxyl groups is 1. The molecule has 2 aromatic heterocycles. The summed E-state index contributed by atoms with van der Waals surface area (Å²) in [5.74, 6) is 0. The van der Waals surface area contributed by atoms with E-state index >= 15 is 0 Å². The normalized spacial score (nSPS) is 12.7. The highest BCUT2D eigenvalue weighted by Crippen LogP contribution is 2.28. The van der Waals surface area contributed by atoms with E-state index in [1.807, 2.05) is 17.5 Å². The van der Waals surface area contributed by atoms with Crippen molar-refractivity contribution in [3.05, 3.63) is 45.1 Å². The van der Waals surface area contributed by atoms with Gasteiger partial charge in [-0.1, -0.05) is 6.07 Å². The van der Waals surface area contributed by atoms with Gasteiger partial charge in [-0.15, -0.1) is 11.3 Å². The largest absolute Gasteiger partial charge is 0.381 e. The second-order valence-electron chi connectivity index (χ2n) is 2.67. The Morgan fingerprint density at radius 2 is 2.36 bits per heavy atom. The van der Waals surface area contributed by atoms with Crippen LogP contribution in [0.1, 0.15) is 16.7 Å². The molecule has 0 aliphatic rings. The lowest BCUT2D eigenvalue weighted by molar-refractivity contribution is 0.218.